The van der Waals surface area contributed by atoms with Gasteiger partial charge in [0.05, 0.1) is 0 Å². The van der Waals surface area contributed by atoms with Gasteiger partial charge in [-0.2, -0.15) is 0 Å². The number of rotatable bonds is 6. The molecule has 4 heteroatoms. The van der Waals surface area contributed by atoms with Crippen LogP contribution in [0.2, 0.25) is 0 Å². The standard InChI is InChI=1S/C16H23NO3/c1-16(2,3)15(20)17-11-12-6-8-13(9-7-12)14(19)5-4-10-18/h6-9,18H,4-5,10-11H2,1-3H3,(H,17,20). The van der Waals surface area contributed by atoms with Crippen LogP contribution in [0.3, 0.4) is 0 Å². The highest BCUT2D eigenvalue weighted by molar-refractivity contribution is 5.96. The van der Waals surface area contributed by atoms with Crippen molar-refractivity contribution in [3.8, 4) is 0 Å². The molecule has 110 valence electrons. The molecule has 2 N–H and O–H groups in total. The Morgan fingerprint density at radius 1 is 1.15 bits per heavy atom. The number of carbonyl (C=O) groups excluding carboxylic acids is 2. The molecule has 0 atom stereocenters. The zero-order valence-corrected chi connectivity index (χ0v) is 12.4. The maximum absolute atomic E-state index is 11.7. The Labute approximate surface area is 120 Å². The number of carbonyl (C=O) groups is 2. The van der Waals surface area contributed by atoms with Gasteiger partial charge < -0.3 is 10.4 Å². The summed E-state index contributed by atoms with van der Waals surface area (Å²) in [6, 6.07) is 7.21. The first-order valence-electron chi connectivity index (χ1n) is 6.86. The molecule has 1 aromatic rings. The molecule has 4 nitrogen and oxygen atoms in total. The quantitative estimate of drug-likeness (QED) is 0.784. The third kappa shape index (κ3) is 5.13. The Balaban J connectivity index is 2.55. The van der Waals surface area contributed by atoms with Gasteiger partial charge in [0.1, 0.15) is 0 Å². The number of amides is 1. The van der Waals surface area contributed by atoms with Crippen LogP contribution in [0.1, 0.15) is 49.5 Å². The van der Waals surface area contributed by atoms with E-state index in [1.807, 2.05) is 32.9 Å². The number of aliphatic hydroxyl groups is 1. The van der Waals surface area contributed by atoms with E-state index in [0.717, 1.165) is 5.56 Å². The highest BCUT2D eigenvalue weighted by atomic mass is 16.3. The van der Waals surface area contributed by atoms with Crippen molar-refractivity contribution in [2.24, 2.45) is 5.41 Å². The molecule has 0 saturated heterocycles. The van der Waals surface area contributed by atoms with Gasteiger partial charge in [-0.3, -0.25) is 9.59 Å². The largest absolute Gasteiger partial charge is 0.396 e. The molecule has 20 heavy (non-hydrogen) atoms. The number of nitrogens with one attached hydrogen (secondary N) is 1. The summed E-state index contributed by atoms with van der Waals surface area (Å²) in [4.78, 5) is 23.5. The fraction of sp³-hybridized carbons (Fsp3) is 0.500. The minimum atomic E-state index is -0.403. The van der Waals surface area contributed by atoms with Crippen molar-refractivity contribution in [3.63, 3.8) is 0 Å². The van der Waals surface area contributed by atoms with E-state index in [1.165, 1.54) is 0 Å². The van der Waals surface area contributed by atoms with Crippen molar-refractivity contribution in [2.75, 3.05) is 6.61 Å². The number of aliphatic hydroxyl groups excluding tert-OH is 1. The summed E-state index contributed by atoms with van der Waals surface area (Å²) in [5.74, 6) is 0.0323. The second-order valence-electron chi connectivity index (χ2n) is 5.88. The zero-order valence-electron chi connectivity index (χ0n) is 12.4. The predicted octanol–water partition coefficient (Wildman–Crippen LogP) is 2.30. The van der Waals surface area contributed by atoms with Crippen molar-refractivity contribution in [1.29, 1.82) is 0 Å². The maximum Gasteiger partial charge on any atom is 0.225 e. The van der Waals surface area contributed by atoms with Gasteiger partial charge in [-0.05, 0) is 12.0 Å². The lowest BCUT2D eigenvalue weighted by atomic mass is 9.95. The SMILES string of the molecule is CC(C)(C)C(=O)NCc1ccc(C(=O)CCCO)cc1. The molecule has 1 amide bonds. The first kappa shape index (κ1) is 16.4. The van der Waals surface area contributed by atoms with Gasteiger partial charge in [0.15, 0.2) is 5.78 Å². The molecule has 0 spiro atoms. The van der Waals surface area contributed by atoms with E-state index >= 15 is 0 Å². The molecule has 0 aliphatic carbocycles. The first-order chi connectivity index (χ1) is 9.34. The Hall–Kier alpha value is -1.68. The van der Waals surface area contributed by atoms with E-state index in [4.69, 9.17) is 5.11 Å². The number of hydrogen-bond acceptors (Lipinski definition) is 3. The molecule has 1 aromatic carbocycles. The van der Waals surface area contributed by atoms with Gasteiger partial charge in [0.2, 0.25) is 5.91 Å². The molecule has 0 aliphatic heterocycles. The summed E-state index contributed by atoms with van der Waals surface area (Å²) in [7, 11) is 0. The van der Waals surface area contributed by atoms with Crippen molar-refractivity contribution in [3.05, 3.63) is 35.4 Å². The van der Waals surface area contributed by atoms with Gasteiger partial charge in [-0.25, -0.2) is 0 Å². The van der Waals surface area contributed by atoms with Gasteiger partial charge >= 0.3 is 0 Å². The molecule has 1 rings (SSSR count). The third-order valence-corrected chi connectivity index (χ3v) is 2.97. The third-order valence-electron chi connectivity index (χ3n) is 2.97. The van der Waals surface area contributed by atoms with Crippen molar-refractivity contribution in [2.45, 2.75) is 40.2 Å². The van der Waals surface area contributed by atoms with Gasteiger partial charge in [0.25, 0.3) is 0 Å². The Morgan fingerprint density at radius 2 is 1.75 bits per heavy atom. The van der Waals surface area contributed by atoms with Crippen LogP contribution in [0.5, 0.6) is 0 Å². The molecule has 0 heterocycles. The van der Waals surface area contributed by atoms with Crippen LogP contribution in [0.15, 0.2) is 24.3 Å². The van der Waals surface area contributed by atoms with Crippen LogP contribution in [-0.4, -0.2) is 23.4 Å². The van der Waals surface area contributed by atoms with Crippen LogP contribution in [0.25, 0.3) is 0 Å². The molecule has 0 bridgehead atoms. The summed E-state index contributed by atoms with van der Waals surface area (Å²) in [6.45, 7) is 6.09. The summed E-state index contributed by atoms with van der Waals surface area (Å²) in [5, 5.41) is 11.6. The lowest BCUT2D eigenvalue weighted by Gasteiger charge is -2.17. The average molecular weight is 277 g/mol. The first-order valence-corrected chi connectivity index (χ1v) is 6.86. The van der Waals surface area contributed by atoms with Crippen LogP contribution in [-0.2, 0) is 11.3 Å². The number of benzene rings is 1. The molecule has 0 aliphatic rings. The average Bonchev–Trinajstić information content (AvgIpc) is 2.41. The summed E-state index contributed by atoms with van der Waals surface area (Å²) in [5.41, 5.74) is 1.20. The fourth-order valence-electron chi connectivity index (χ4n) is 1.64. The second kappa shape index (κ2) is 7.20. The topological polar surface area (TPSA) is 66.4 Å². The molecule has 0 radical (unpaired) electrons. The Kier molecular flexibility index (Phi) is 5.89. The van der Waals surface area contributed by atoms with E-state index in [-0.39, 0.29) is 18.3 Å². The lowest BCUT2D eigenvalue weighted by Crippen LogP contribution is -2.34. The van der Waals surface area contributed by atoms with Crippen LogP contribution < -0.4 is 5.32 Å². The smallest absolute Gasteiger partial charge is 0.225 e. The second-order valence-corrected chi connectivity index (χ2v) is 5.88. The maximum atomic E-state index is 11.7. The molecular weight excluding hydrogens is 254 g/mol. The van der Waals surface area contributed by atoms with E-state index in [0.29, 0.717) is 24.9 Å². The van der Waals surface area contributed by atoms with Gasteiger partial charge in [-0.15, -0.1) is 0 Å². The zero-order chi connectivity index (χ0) is 15.2. The van der Waals surface area contributed by atoms with Crippen LogP contribution >= 0.6 is 0 Å². The number of ketones is 1. The molecule has 0 fully saturated rings. The van der Waals surface area contributed by atoms with E-state index in [1.54, 1.807) is 12.1 Å². The highest BCUT2D eigenvalue weighted by Gasteiger charge is 2.20. The predicted molar refractivity (Wildman–Crippen MR) is 78.4 cm³/mol. The molecule has 0 aromatic heterocycles. The molecule has 0 unspecified atom stereocenters. The van der Waals surface area contributed by atoms with Crippen molar-refractivity contribution >= 4 is 11.7 Å². The summed E-state index contributed by atoms with van der Waals surface area (Å²) in [6.07, 6.45) is 0.846. The Morgan fingerprint density at radius 3 is 2.25 bits per heavy atom. The van der Waals surface area contributed by atoms with E-state index in [2.05, 4.69) is 5.32 Å². The molecular formula is C16H23NO3. The summed E-state index contributed by atoms with van der Waals surface area (Å²) < 4.78 is 0. The van der Waals surface area contributed by atoms with Crippen molar-refractivity contribution in [1.82, 2.24) is 5.32 Å². The Bertz CT molecular complexity index is 458. The normalized spacial score (nSPS) is 11.2. The van der Waals surface area contributed by atoms with E-state index in [9.17, 15) is 9.59 Å². The van der Waals surface area contributed by atoms with E-state index < -0.39 is 5.41 Å². The van der Waals surface area contributed by atoms with Gasteiger partial charge in [0, 0.05) is 30.6 Å². The lowest BCUT2D eigenvalue weighted by molar-refractivity contribution is -0.128. The monoisotopic (exact) mass is 277 g/mol. The highest BCUT2D eigenvalue weighted by Crippen LogP contribution is 2.13. The molecule has 0 saturated carbocycles. The van der Waals surface area contributed by atoms with Crippen molar-refractivity contribution < 1.29 is 14.7 Å². The fourth-order valence-corrected chi connectivity index (χ4v) is 1.64. The minimum Gasteiger partial charge on any atom is -0.396 e. The number of Topliss-reactive ketones (excluding diaryl/α,β-unsaturated/α-hetero) is 1. The van der Waals surface area contributed by atoms with Crippen LogP contribution in [0, 0.1) is 5.41 Å². The minimum absolute atomic E-state index is 0.000554. The summed E-state index contributed by atoms with van der Waals surface area (Å²) >= 11 is 0. The van der Waals surface area contributed by atoms with Gasteiger partial charge in [-0.1, -0.05) is 45.0 Å². The van der Waals surface area contributed by atoms with Crippen LogP contribution in [0.4, 0.5) is 0 Å². The number of hydrogen-bond donors (Lipinski definition) is 2.